The van der Waals surface area contributed by atoms with E-state index in [1.165, 1.54) is 7.11 Å². The standard InChI is InChI=1S/C9H18N2O4S2/c1-4-6(9(12)15-3)11-17(13,14)7(5-2)8(10)16/h6-7,11H,4-5H2,1-3H3,(H2,10,16). The highest BCUT2D eigenvalue weighted by molar-refractivity contribution is 7.93. The van der Waals surface area contributed by atoms with Crippen LogP contribution in [0.1, 0.15) is 26.7 Å². The fourth-order valence-electron chi connectivity index (χ4n) is 1.29. The number of hydrogen-bond acceptors (Lipinski definition) is 5. The van der Waals surface area contributed by atoms with E-state index in [0.717, 1.165) is 0 Å². The van der Waals surface area contributed by atoms with Crippen molar-refractivity contribution in [3.05, 3.63) is 0 Å². The largest absolute Gasteiger partial charge is 0.468 e. The summed E-state index contributed by atoms with van der Waals surface area (Å²) in [6.07, 6.45) is 0.544. The molecule has 0 aliphatic carbocycles. The Morgan fingerprint density at radius 1 is 1.41 bits per heavy atom. The molecule has 0 fully saturated rings. The van der Waals surface area contributed by atoms with Crippen molar-refractivity contribution in [2.45, 2.75) is 38.0 Å². The van der Waals surface area contributed by atoms with Crippen LogP contribution in [0.25, 0.3) is 0 Å². The van der Waals surface area contributed by atoms with Crippen LogP contribution >= 0.6 is 12.2 Å². The first-order chi connectivity index (χ1) is 7.80. The molecule has 8 heteroatoms. The van der Waals surface area contributed by atoms with E-state index < -0.39 is 27.3 Å². The summed E-state index contributed by atoms with van der Waals surface area (Å²) in [4.78, 5) is 11.2. The zero-order chi connectivity index (χ0) is 13.6. The molecule has 100 valence electrons. The molecule has 0 aliphatic heterocycles. The van der Waals surface area contributed by atoms with E-state index in [1.807, 2.05) is 0 Å². The smallest absolute Gasteiger partial charge is 0.323 e. The lowest BCUT2D eigenvalue weighted by atomic mass is 10.2. The third-order valence-corrected chi connectivity index (χ3v) is 4.65. The van der Waals surface area contributed by atoms with Crippen molar-refractivity contribution in [2.75, 3.05) is 7.11 Å². The average molecular weight is 282 g/mol. The lowest BCUT2D eigenvalue weighted by molar-refractivity contribution is -0.142. The third kappa shape index (κ3) is 4.57. The normalized spacial score (nSPS) is 15.0. The summed E-state index contributed by atoms with van der Waals surface area (Å²) in [6, 6.07) is -0.909. The predicted octanol–water partition coefficient (Wildman–Crippen LogP) is -0.0779. The number of nitrogens with one attached hydrogen (secondary N) is 1. The number of nitrogens with two attached hydrogens (primary N) is 1. The van der Waals surface area contributed by atoms with E-state index in [0.29, 0.717) is 6.42 Å². The molecule has 0 saturated carbocycles. The Morgan fingerprint density at radius 3 is 2.24 bits per heavy atom. The van der Waals surface area contributed by atoms with Gasteiger partial charge in [0.25, 0.3) is 0 Å². The maximum atomic E-state index is 11.9. The molecule has 0 heterocycles. The van der Waals surface area contributed by atoms with E-state index >= 15 is 0 Å². The average Bonchev–Trinajstić information content (AvgIpc) is 2.24. The minimum absolute atomic E-state index is 0.111. The fourth-order valence-corrected chi connectivity index (χ4v) is 3.41. The maximum Gasteiger partial charge on any atom is 0.323 e. The molecule has 2 atom stereocenters. The summed E-state index contributed by atoms with van der Waals surface area (Å²) in [7, 11) is -2.56. The van der Waals surface area contributed by atoms with Gasteiger partial charge < -0.3 is 10.5 Å². The van der Waals surface area contributed by atoms with Crippen LogP contribution in [0.3, 0.4) is 0 Å². The van der Waals surface area contributed by atoms with Crippen molar-refractivity contribution in [3.8, 4) is 0 Å². The summed E-state index contributed by atoms with van der Waals surface area (Å²) >= 11 is 4.69. The van der Waals surface area contributed by atoms with Gasteiger partial charge in [0.15, 0.2) is 0 Å². The molecule has 0 spiro atoms. The van der Waals surface area contributed by atoms with Crippen molar-refractivity contribution in [2.24, 2.45) is 5.73 Å². The molecule has 0 aromatic heterocycles. The van der Waals surface area contributed by atoms with Gasteiger partial charge >= 0.3 is 5.97 Å². The van der Waals surface area contributed by atoms with Crippen molar-refractivity contribution in [1.29, 1.82) is 0 Å². The van der Waals surface area contributed by atoms with Gasteiger partial charge in [0.1, 0.15) is 11.3 Å². The van der Waals surface area contributed by atoms with Gasteiger partial charge in [-0.2, -0.15) is 0 Å². The van der Waals surface area contributed by atoms with Gasteiger partial charge in [0, 0.05) is 0 Å². The molecule has 3 N–H and O–H groups in total. The number of thiocarbonyl (C=S) groups is 1. The van der Waals surface area contributed by atoms with Crippen LogP contribution in [0.2, 0.25) is 0 Å². The summed E-state index contributed by atoms with van der Waals surface area (Å²) in [5, 5.41) is -0.976. The fraction of sp³-hybridized carbons (Fsp3) is 0.778. The molecular formula is C9H18N2O4S2. The number of rotatable bonds is 7. The Hall–Kier alpha value is -0.730. The van der Waals surface area contributed by atoms with Gasteiger partial charge in [-0.05, 0) is 12.8 Å². The summed E-state index contributed by atoms with van der Waals surface area (Å²) in [5.41, 5.74) is 5.36. The number of carbonyl (C=O) groups is 1. The molecule has 0 aromatic rings. The van der Waals surface area contributed by atoms with Crippen LogP contribution < -0.4 is 10.5 Å². The zero-order valence-electron chi connectivity index (χ0n) is 10.1. The summed E-state index contributed by atoms with van der Waals surface area (Å²) in [6.45, 7) is 3.33. The first kappa shape index (κ1) is 16.3. The molecule has 17 heavy (non-hydrogen) atoms. The first-order valence-electron chi connectivity index (χ1n) is 5.18. The number of sulfonamides is 1. The molecular weight excluding hydrogens is 264 g/mol. The molecule has 6 nitrogen and oxygen atoms in total. The molecule has 0 radical (unpaired) electrons. The van der Waals surface area contributed by atoms with Crippen molar-refractivity contribution in [1.82, 2.24) is 4.72 Å². The van der Waals surface area contributed by atoms with E-state index in [1.54, 1.807) is 13.8 Å². The minimum atomic E-state index is -3.76. The number of methoxy groups -OCH3 is 1. The molecule has 0 bridgehead atoms. The van der Waals surface area contributed by atoms with Crippen molar-refractivity contribution >= 4 is 33.2 Å². The quantitative estimate of drug-likeness (QED) is 0.501. The summed E-state index contributed by atoms with van der Waals surface area (Å²) < 4.78 is 30.6. The predicted molar refractivity (Wildman–Crippen MR) is 69.0 cm³/mol. The van der Waals surface area contributed by atoms with Crippen molar-refractivity contribution < 1.29 is 17.9 Å². The Morgan fingerprint density at radius 2 is 1.94 bits per heavy atom. The number of carbonyl (C=O) groups excluding carboxylic acids is 1. The van der Waals surface area contributed by atoms with Crippen LogP contribution in [0.5, 0.6) is 0 Å². The van der Waals surface area contributed by atoms with Gasteiger partial charge in [-0.3, -0.25) is 4.79 Å². The lowest BCUT2D eigenvalue weighted by Gasteiger charge is -2.19. The Kier molecular flexibility index (Phi) is 6.58. The van der Waals surface area contributed by atoms with E-state index in [9.17, 15) is 13.2 Å². The molecule has 0 aliphatic rings. The number of esters is 1. The van der Waals surface area contributed by atoms with Gasteiger partial charge in [-0.1, -0.05) is 26.1 Å². The second-order valence-corrected chi connectivity index (χ2v) is 5.81. The minimum Gasteiger partial charge on any atom is -0.468 e. The molecule has 0 rings (SSSR count). The molecule has 0 saturated heterocycles. The highest BCUT2D eigenvalue weighted by Gasteiger charge is 2.31. The van der Waals surface area contributed by atoms with Gasteiger partial charge in [0.05, 0.1) is 12.1 Å². The van der Waals surface area contributed by atoms with E-state index in [2.05, 4.69) is 21.7 Å². The molecule has 2 unspecified atom stereocenters. The Bertz CT molecular complexity index is 380. The zero-order valence-corrected chi connectivity index (χ0v) is 11.7. The second-order valence-electron chi connectivity index (χ2n) is 3.45. The van der Waals surface area contributed by atoms with Crippen LogP contribution in [0.15, 0.2) is 0 Å². The second kappa shape index (κ2) is 6.87. The summed E-state index contributed by atoms with van der Waals surface area (Å²) in [5.74, 6) is -0.631. The van der Waals surface area contributed by atoms with E-state index in [-0.39, 0.29) is 11.4 Å². The van der Waals surface area contributed by atoms with Gasteiger partial charge in [-0.25, -0.2) is 13.1 Å². The highest BCUT2D eigenvalue weighted by Crippen LogP contribution is 2.07. The maximum absolute atomic E-state index is 11.9. The highest BCUT2D eigenvalue weighted by atomic mass is 32.2. The number of ether oxygens (including phenoxy) is 1. The topological polar surface area (TPSA) is 98.5 Å². The van der Waals surface area contributed by atoms with Crippen molar-refractivity contribution in [3.63, 3.8) is 0 Å². The van der Waals surface area contributed by atoms with E-state index in [4.69, 9.17) is 5.73 Å². The Balaban J connectivity index is 4.96. The lowest BCUT2D eigenvalue weighted by Crippen LogP contribution is -2.48. The third-order valence-electron chi connectivity index (χ3n) is 2.26. The molecule has 0 aromatic carbocycles. The number of hydrogen-bond donors (Lipinski definition) is 2. The Labute approximate surface area is 107 Å². The van der Waals surface area contributed by atoms with Crippen LogP contribution in [0.4, 0.5) is 0 Å². The molecule has 0 amide bonds. The van der Waals surface area contributed by atoms with Crippen LogP contribution in [-0.2, 0) is 19.6 Å². The van der Waals surface area contributed by atoms with Gasteiger partial charge in [0.2, 0.25) is 10.0 Å². The van der Waals surface area contributed by atoms with Gasteiger partial charge in [-0.15, -0.1) is 0 Å². The van der Waals surface area contributed by atoms with Crippen LogP contribution in [-0.4, -0.2) is 37.8 Å². The first-order valence-corrected chi connectivity index (χ1v) is 7.13. The SMILES string of the molecule is CCC(NS(=O)(=O)C(CC)C(N)=S)C(=O)OC. The monoisotopic (exact) mass is 282 g/mol. The van der Waals surface area contributed by atoms with Crippen LogP contribution in [0, 0.1) is 0 Å².